The van der Waals surface area contributed by atoms with Crippen LogP contribution in [0.3, 0.4) is 0 Å². The summed E-state index contributed by atoms with van der Waals surface area (Å²) >= 11 is 0. The van der Waals surface area contributed by atoms with Crippen molar-refractivity contribution >= 4 is 11.8 Å². The van der Waals surface area contributed by atoms with Crippen molar-refractivity contribution in [2.24, 2.45) is 5.92 Å². The Hall–Kier alpha value is -1.84. The molecular weight excluding hydrogens is 348 g/mol. The second-order valence-electron chi connectivity index (χ2n) is 9.62. The fourth-order valence-corrected chi connectivity index (χ4v) is 5.81. The SMILES string of the molecule is O=C(CC1CC2(CCN(C(=O)C3CCC3)CC2)c2ccccc21)NC1CCC1. The van der Waals surface area contributed by atoms with E-state index in [0.29, 0.717) is 30.2 Å². The number of likely N-dealkylation sites (tertiary alicyclic amines) is 1. The molecule has 1 N–H and O–H groups in total. The molecular formula is C24H32N2O2. The second kappa shape index (κ2) is 7.20. The first-order valence-electron chi connectivity index (χ1n) is 11.3. The molecule has 3 fully saturated rings. The van der Waals surface area contributed by atoms with E-state index in [1.54, 1.807) is 0 Å². The van der Waals surface area contributed by atoms with Crippen LogP contribution in [0.4, 0.5) is 0 Å². The highest BCUT2D eigenvalue weighted by Crippen LogP contribution is 2.52. The van der Waals surface area contributed by atoms with Crippen molar-refractivity contribution in [2.75, 3.05) is 13.1 Å². The van der Waals surface area contributed by atoms with Gasteiger partial charge in [0.1, 0.15) is 0 Å². The Labute approximate surface area is 168 Å². The van der Waals surface area contributed by atoms with Crippen LogP contribution in [-0.2, 0) is 15.0 Å². The van der Waals surface area contributed by atoms with Gasteiger partial charge in [0.15, 0.2) is 0 Å². The maximum Gasteiger partial charge on any atom is 0.225 e. The third kappa shape index (κ3) is 3.15. The average molecular weight is 381 g/mol. The first-order valence-corrected chi connectivity index (χ1v) is 11.3. The van der Waals surface area contributed by atoms with E-state index in [-0.39, 0.29) is 11.3 Å². The van der Waals surface area contributed by atoms with Crippen LogP contribution in [0.5, 0.6) is 0 Å². The summed E-state index contributed by atoms with van der Waals surface area (Å²) in [5, 5.41) is 3.22. The Morgan fingerprint density at radius 3 is 2.39 bits per heavy atom. The number of hydrogen-bond acceptors (Lipinski definition) is 2. The normalized spacial score (nSPS) is 26.4. The van der Waals surface area contributed by atoms with Gasteiger partial charge in [-0.2, -0.15) is 0 Å². The number of fused-ring (bicyclic) bond motifs is 2. The smallest absolute Gasteiger partial charge is 0.225 e. The third-order valence-corrected chi connectivity index (χ3v) is 8.00. The van der Waals surface area contributed by atoms with E-state index < -0.39 is 0 Å². The summed E-state index contributed by atoms with van der Waals surface area (Å²) in [5.74, 6) is 1.24. The Morgan fingerprint density at radius 1 is 1.04 bits per heavy atom. The lowest BCUT2D eigenvalue weighted by molar-refractivity contribution is -0.139. The first-order chi connectivity index (χ1) is 13.6. The van der Waals surface area contributed by atoms with Gasteiger partial charge in [0.2, 0.25) is 11.8 Å². The fourth-order valence-electron chi connectivity index (χ4n) is 5.81. The van der Waals surface area contributed by atoms with Crippen molar-refractivity contribution in [1.82, 2.24) is 10.2 Å². The molecule has 4 aliphatic rings. The Kier molecular flexibility index (Phi) is 4.68. The lowest BCUT2D eigenvalue weighted by Gasteiger charge is -2.42. The summed E-state index contributed by atoms with van der Waals surface area (Å²) in [6, 6.07) is 9.19. The number of nitrogens with one attached hydrogen (secondary N) is 1. The summed E-state index contributed by atoms with van der Waals surface area (Å²) < 4.78 is 0. The first kappa shape index (κ1) is 18.2. The van der Waals surface area contributed by atoms with Gasteiger partial charge in [-0.1, -0.05) is 30.7 Å². The van der Waals surface area contributed by atoms with Gasteiger partial charge in [-0.25, -0.2) is 0 Å². The van der Waals surface area contributed by atoms with Gasteiger partial charge in [0, 0.05) is 31.5 Å². The highest BCUT2D eigenvalue weighted by molar-refractivity contribution is 5.80. The van der Waals surface area contributed by atoms with Crippen molar-refractivity contribution in [3.8, 4) is 0 Å². The monoisotopic (exact) mass is 380 g/mol. The highest BCUT2D eigenvalue weighted by Gasteiger charge is 2.46. The zero-order chi connectivity index (χ0) is 19.1. The molecule has 1 aromatic rings. The number of rotatable bonds is 4. The molecule has 4 heteroatoms. The van der Waals surface area contributed by atoms with E-state index in [4.69, 9.17) is 0 Å². The molecule has 1 aromatic carbocycles. The minimum atomic E-state index is 0.161. The lowest BCUT2D eigenvalue weighted by Crippen LogP contribution is -2.47. The van der Waals surface area contributed by atoms with Crippen LogP contribution < -0.4 is 5.32 Å². The molecule has 0 radical (unpaired) electrons. The topological polar surface area (TPSA) is 49.4 Å². The molecule has 2 saturated carbocycles. The van der Waals surface area contributed by atoms with Gasteiger partial charge < -0.3 is 10.2 Å². The molecule has 0 bridgehead atoms. The lowest BCUT2D eigenvalue weighted by atomic mass is 9.72. The summed E-state index contributed by atoms with van der Waals surface area (Å²) in [6.07, 6.45) is 10.7. The van der Waals surface area contributed by atoms with E-state index in [9.17, 15) is 9.59 Å². The van der Waals surface area contributed by atoms with Gasteiger partial charge in [0.25, 0.3) is 0 Å². The number of nitrogens with zero attached hydrogens (tertiary/aromatic N) is 1. The molecule has 3 aliphatic carbocycles. The molecule has 1 heterocycles. The van der Waals surface area contributed by atoms with E-state index in [1.165, 1.54) is 24.0 Å². The predicted octanol–water partition coefficient (Wildman–Crippen LogP) is 3.89. The molecule has 1 aliphatic heterocycles. The Bertz CT molecular complexity index is 758. The molecule has 5 rings (SSSR count). The van der Waals surface area contributed by atoms with Gasteiger partial charge in [0.05, 0.1) is 0 Å². The molecule has 150 valence electrons. The number of piperidine rings is 1. The largest absolute Gasteiger partial charge is 0.353 e. The zero-order valence-electron chi connectivity index (χ0n) is 16.8. The summed E-state index contributed by atoms with van der Waals surface area (Å²) in [7, 11) is 0. The van der Waals surface area contributed by atoms with Crippen molar-refractivity contribution in [2.45, 2.75) is 81.6 Å². The minimum absolute atomic E-state index is 0.161. The highest BCUT2D eigenvalue weighted by atomic mass is 16.2. The second-order valence-corrected chi connectivity index (χ2v) is 9.62. The maximum absolute atomic E-state index is 12.6. The van der Waals surface area contributed by atoms with Gasteiger partial charge in [-0.05, 0) is 73.8 Å². The van der Waals surface area contributed by atoms with Crippen LogP contribution in [0.15, 0.2) is 24.3 Å². The standard InChI is InChI=1S/C24H32N2O2/c27-22(25-19-7-4-8-19)15-18-16-24(21-10-2-1-9-20(18)21)11-13-26(14-12-24)23(28)17-5-3-6-17/h1-2,9-10,17-19H,3-8,11-16H2,(H,25,27). The Morgan fingerprint density at radius 2 is 1.75 bits per heavy atom. The van der Waals surface area contributed by atoms with E-state index in [1.807, 2.05) is 0 Å². The molecule has 1 spiro atoms. The average Bonchev–Trinajstić information content (AvgIpc) is 2.91. The third-order valence-electron chi connectivity index (χ3n) is 8.00. The van der Waals surface area contributed by atoms with Gasteiger partial charge in [-0.15, -0.1) is 0 Å². The molecule has 1 atom stereocenters. The van der Waals surface area contributed by atoms with Crippen LogP contribution >= 0.6 is 0 Å². The number of benzene rings is 1. The molecule has 0 aromatic heterocycles. The number of carbonyl (C=O) groups excluding carboxylic acids is 2. The molecule has 1 unspecified atom stereocenters. The van der Waals surface area contributed by atoms with Crippen LogP contribution in [-0.4, -0.2) is 35.8 Å². The van der Waals surface area contributed by atoms with Crippen molar-refractivity contribution in [3.05, 3.63) is 35.4 Å². The van der Waals surface area contributed by atoms with Crippen molar-refractivity contribution in [1.29, 1.82) is 0 Å². The van der Waals surface area contributed by atoms with Crippen LogP contribution in [0.1, 0.15) is 81.3 Å². The van der Waals surface area contributed by atoms with E-state index in [0.717, 1.165) is 58.0 Å². The number of amides is 2. The predicted molar refractivity (Wildman–Crippen MR) is 109 cm³/mol. The molecule has 1 saturated heterocycles. The molecule has 28 heavy (non-hydrogen) atoms. The van der Waals surface area contributed by atoms with Crippen LogP contribution in [0, 0.1) is 5.92 Å². The van der Waals surface area contributed by atoms with Crippen molar-refractivity contribution in [3.63, 3.8) is 0 Å². The summed E-state index contributed by atoms with van der Waals surface area (Å²) in [4.78, 5) is 27.3. The summed E-state index contributed by atoms with van der Waals surface area (Å²) in [5.41, 5.74) is 2.99. The summed E-state index contributed by atoms with van der Waals surface area (Å²) in [6.45, 7) is 1.76. The fraction of sp³-hybridized carbons (Fsp3) is 0.667. The maximum atomic E-state index is 12.6. The molecule has 4 nitrogen and oxygen atoms in total. The zero-order valence-corrected chi connectivity index (χ0v) is 16.8. The van der Waals surface area contributed by atoms with E-state index in [2.05, 4.69) is 34.5 Å². The minimum Gasteiger partial charge on any atom is -0.353 e. The number of hydrogen-bond donors (Lipinski definition) is 1. The van der Waals surface area contributed by atoms with Crippen LogP contribution in [0.25, 0.3) is 0 Å². The van der Waals surface area contributed by atoms with E-state index >= 15 is 0 Å². The van der Waals surface area contributed by atoms with Crippen molar-refractivity contribution < 1.29 is 9.59 Å². The Balaban J connectivity index is 1.28. The van der Waals surface area contributed by atoms with Crippen LogP contribution in [0.2, 0.25) is 0 Å². The van der Waals surface area contributed by atoms with Gasteiger partial charge >= 0.3 is 0 Å². The number of carbonyl (C=O) groups is 2. The quantitative estimate of drug-likeness (QED) is 0.861. The van der Waals surface area contributed by atoms with Gasteiger partial charge in [-0.3, -0.25) is 9.59 Å². The molecule has 2 amide bonds.